The second-order valence-corrected chi connectivity index (χ2v) is 21.3. The van der Waals surface area contributed by atoms with E-state index >= 15 is 0 Å². The highest BCUT2D eigenvalue weighted by Crippen LogP contribution is 2.17. The van der Waals surface area contributed by atoms with E-state index in [1.807, 2.05) is 21.1 Å². The smallest absolute Gasteiger partial charge is 0.306 e. The van der Waals surface area contributed by atoms with Crippen LogP contribution in [0.5, 0.6) is 0 Å². The third-order valence-electron chi connectivity index (χ3n) is 13.0. The Morgan fingerprint density at radius 2 is 0.781 bits per heavy atom. The quantitative estimate of drug-likeness (QED) is 0.0195. The van der Waals surface area contributed by atoms with Crippen LogP contribution in [0.1, 0.15) is 258 Å². The van der Waals surface area contributed by atoms with Crippen molar-refractivity contribution in [1.82, 2.24) is 0 Å². The maximum Gasteiger partial charge on any atom is 0.306 e. The molecule has 0 fully saturated rings. The number of ether oxygens (including phenoxy) is 4. The van der Waals surface area contributed by atoms with Gasteiger partial charge in [0.15, 0.2) is 12.4 Å². The van der Waals surface area contributed by atoms with Crippen LogP contribution in [0.4, 0.5) is 0 Å². The summed E-state index contributed by atoms with van der Waals surface area (Å²) in [5.41, 5.74) is 0. The highest BCUT2D eigenvalue weighted by atomic mass is 16.7. The molecule has 73 heavy (non-hydrogen) atoms. The van der Waals surface area contributed by atoms with Gasteiger partial charge in [-0.3, -0.25) is 9.59 Å². The van der Waals surface area contributed by atoms with Gasteiger partial charge in [-0.15, -0.1) is 0 Å². The summed E-state index contributed by atoms with van der Waals surface area (Å²) in [4.78, 5) is 37.2. The van der Waals surface area contributed by atoms with Crippen LogP contribution in [-0.4, -0.2) is 82.3 Å². The average molecular weight is 1020 g/mol. The van der Waals surface area contributed by atoms with Crippen LogP contribution in [0.25, 0.3) is 0 Å². The van der Waals surface area contributed by atoms with Crippen molar-refractivity contribution in [2.75, 3.05) is 47.5 Å². The Hall–Kier alpha value is -3.27. The topological polar surface area (TPSA) is 111 Å². The number of nitrogens with zero attached hydrogens (tertiary/aromatic N) is 1. The first kappa shape index (κ1) is 69.7. The maximum absolute atomic E-state index is 12.9. The van der Waals surface area contributed by atoms with E-state index in [4.69, 9.17) is 18.9 Å². The highest BCUT2D eigenvalue weighted by molar-refractivity contribution is 5.70. The minimum atomic E-state index is -1.62. The number of likely N-dealkylation sites (N-methyl/N-ethyl adjacent to an activating group) is 1. The molecule has 0 bridgehead atoms. The molecule has 0 aromatic heterocycles. The summed E-state index contributed by atoms with van der Waals surface area (Å²) in [7, 11) is 5.92. The summed E-state index contributed by atoms with van der Waals surface area (Å²) in [6.45, 7) is 4.65. The number of esters is 2. The number of hydrogen-bond acceptors (Lipinski definition) is 8. The van der Waals surface area contributed by atoms with Crippen LogP contribution in [0.3, 0.4) is 0 Å². The number of rotatable bonds is 55. The Labute approximate surface area is 449 Å². The normalized spacial score (nSPS) is 13.3. The van der Waals surface area contributed by atoms with Gasteiger partial charge in [-0.2, -0.15) is 0 Å². The van der Waals surface area contributed by atoms with Crippen molar-refractivity contribution in [1.29, 1.82) is 0 Å². The Kier molecular flexibility index (Phi) is 52.5. The van der Waals surface area contributed by atoms with Gasteiger partial charge in [0, 0.05) is 12.8 Å². The summed E-state index contributed by atoms with van der Waals surface area (Å²) in [5, 5.41) is 11.8. The van der Waals surface area contributed by atoms with E-state index < -0.39 is 24.3 Å². The van der Waals surface area contributed by atoms with Gasteiger partial charge in [-0.1, -0.05) is 254 Å². The van der Waals surface area contributed by atoms with Crippen molar-refractivity contribution < 1.29 is 42.9 Å². The molecule has 0 aliphatic heterocycles. The van der Waals surface area contributed by atoms with Gasteiger partial charge >= 0.3 is 11.9 Å². The number of quaternary nitrogens is 1. The SMILES string of the molecule is CC/C=C\C/C=C\C/C=C\C/C=C\C/C=C\C/C=C\CCCCCCCCCCCCCCCCCCC(=O)OC(COC(=O)CCCCCCCCCCCCCCC)COC(OCC[N+](C)(C)C)C(=O)[O-]. The summed E-state index contributed by atoms with van der Waals surface area (Å²) >= 11 is 0. The van der Waals surface area contributed by atoms with Gasteiger partial charge in [0.2, 0.25) is 0 Å². The summed E-state index contributed by atoms with van der Waals surface area (Å²) < 4.78 is 22.7. The molecular weight excluding hydrogens is 911 g/mol. The van der Waals surface area contributed by atoms with Crippen LogP contribution in [-0.2, 0) is 33.3 Å². The molecule has 0 aromatic carbocycles. The van der Waals surface area contributed by atoms with E-state index in [0.717, 1.165) is 70.6 Å². The lowest BCUT2D eigenvalue weighted by Gasteiger charge is -2.26. The zero-order valence-corrected chi connectivity index (χ0v) is 48.0. The van der Waals surface area contributed by atoms with Gasteiger partial charge < -0.3 is 33.3 Å². The Balaban J connectivity index is 4.07. The summed E-state index contributed by atoms with van der Waals surface area (Å²) in [6.07, 6.45) is 68.2. The first-order valence-electron chi connectivity index (χ1n) is 30.1. The standard InChI is InChI=1S/C64H113NO8/c1-6-8-10-12-14-16-18-20-21-22-23-24-25-26-27-28-29-30-31-32-33-34-35-36-37-38-39-40-41-43-45-47-49-51-53-55-62(67)73-60(59-72-64(63(68)69)70-57-56-65(3,4)5)58-71-61(66)54-52-50-48-46-44-42-19-17-15-13-11-9-7-2/h8,10,14,16,20-21,23-24,26-27,29-30,60,64H,6-7,9,11-13,15,17-19,22,25,28,31-59H2,1-5H3/b10-8-,16-14-,21-20-,24-23-,27-26-,30-29-. The zero-order valence-electron chi connectivity index (χ0n) is 48.0. The van der Waals surface area contributed by atoms with E-state index in [1.165, 1.54) is 154 Å². The van der Waals surface area contributed by atoms with E-state index in [2.05, 4.69) is 86.8 Å². The molecule has 0 amide bonds. The monoisotopic (exact) mass is 1020 g/mol. The van der Waals surface area contributed by atoms with Crippen molar-refractivity contribution >= 4 is 17.9 Å². The fourth-order valence-corrected chi connectivity index (χ4v) is 8.36. The van der Waals surface area contributed by atoms with Crippen LogP contribution in [0.15, 0.2) is 72.9 Å². The van der Waals surface area contributed by atoms with Crippen LogP contribution < -0.4 is 5.11 Å². The van der Waals surface area contributed by atoms with Gasteiger partial charge in [-0.25, -0.2) is 0 Å². The fraction of sp³-hybridized carbons (Fsp3) is 0.766. The molecule has 9 heteroatoms. The average Bonchev–Trinajstić information content (AvgIpc) is 3.36. The largest absolute Gasteiger partial charge is 0.545 e. The fourth-order valence-electron chi connectivity index (χ4n) is 8.36. The van der Waals surface area contributed by atoms with Crippen molar-refractivity contribution in [2.24, 2.45) is 0 Å². The molecular formula is C64H113NO8. The highest BCUT2D eigenvalue weighted by Gasteiger charge is 2.22. The van der Waals surface area contributed by atoms with Crippen molar-refractivity contribution in [3.8, 4) is 0 Å². The third-order valence-corrected chi connectivity index (χ3v) is 13.0. The van der Waals surface area contributed by atoms with Crippen LogP contribution in [0.2, 0.25) is 0 Å². The lowest BCUT2D eigenvalue weighted by molar-refractivity contribution is -0.870. The molecule has 0 saturated heterocycles. The first-order chi connectivity index (χ1) is 35.6. The molecule has 0 spiro atoms. The number of unbranched alkanes of at least 4 members (excludes halogenated alkanes) is 28. The molecule has 0 rings (SSSR count). The third kappa shape index (κ3) is 56.3. The lowest BCUT2D eigenvalue weighted by atomic mass is 10.0. The molecule has 0 aromatic rings. The summed E-state index contributed by atoms with van der Waals surface area (Å²) in [5.74, 6) is -2.27. The lowest BCUT2D eigenvalue weighted by Crippen LogP contribution is -2.44. The molecule has 0 radical (unpaired) electrons. The minimum absolute atomic E-state index is 0.148. The number of allylic oxidation sites excluding steroid dienone is 12. The van der Waals surface area contributed by atoms with E-state index in [0.29, 0.717) is 23.9 Å². The number of carbonyl (C=O) groups is 3. The minimum Gasteiger partial charge on any atom is -0.545 e. The molecule has 2 atom stereocenters. The zero-order chi connectivity index (χ0) is 53.4. The van der Waals surface area contributed by atoms with Crippen molar-refractivity contribution in [3.63, 3.8) is 0 Å². The van der Waals surface area contributed by atoms with E-state index in [9.17, 15) is 19.5 Å². The summed E-state index contributed by atoms with van der Waals surface area (Å²) in [6, 6.07) is 0. The molecule has 0 aliphatic carbocycles. The molecule has 0 heterocycles. The maximum atomic E-state index is 12.9. The predicted molar refractivity (Wildman–Crippen MR) is 306 cm³/mol. The number of carbonyl (C=O) groups excluding carboxylic acids is 3. The van der Waals surface area contributed by atoms with E-state index in [-0.39, 0.29) is 32.2 Å². The number of carboxylic acids is 1. The number of aliphatic carboxylic acids is 1. The molecule has 422 valence electrons. The van der Waals surface area contributed by atoms with Gasteiger partial charge in [0.05, 0.1) is 40.3 Å². The van der Waals surface area contributed by atoms with Gasteiger partial charge in [0.25, 0.3) is 0 Å². The van der Waals surface area contributed by atoms with Crippen LogP contribution >= 0.6 is 0 Å². The predicted octanol–water partition coefficient (Wildman–Crippen LogP) is 16.5. The molecule has 0 aliphatic rings. The molecule has 2 unspecified atom stereocenters. The van der Waals surface area contributed by atoms with Crippen molar-refractivity contribution in [3.05, 3.63) is 72.9 Å². The van der Waals surface area contributed by atoms with Crippen LogP contribution in [0, 0.1) is 0 Å². The first-order valence-corrected chi connectivity index (χ1v) is 30.1. The van der Waals surface area contributed by atoms with Gasteiger partial charge in [0.1, 0.15) is 13.2 Å². The Morgan fingerprint density at radius 3 is 1.16 bits per heavy atom. The number of hydrogen-bond donors (Lipinski definition) is 0. The van der Waals surface area contributed by atoms with Crippen molar-refractivity contribution in [2.45, 2.75) is 270 Å². The number of carboxylic acid groups (broad SMARTS) is 1. The molecule has 9 nitrogen and oxygen atoms in total. The molecule has 0 N–H and O–H groups in total. The second kappa shape index (κ2) is 55.0. The van der Waals surface area contributed by atoms with Gasteiger partial charge in [-0.05, 0) is 64.2 Å². The van der Waals surface area contributed by atoms with E-state index in [1.54, 1.807) is 0 Å². The molecule has 0 saturated carbocycles. The Bertz CT molecular complexity index is 1420. The second-order valence-electron chi connectivity index (χ2n) is 21.3. The Morgan fingerprint density at radius 1 is 0.425 bits per heavy atom.